The van der Waals surface area contributed by atoms with Crippen molar-refractivity contribution in [1.29, 1.82) is 0 Å². The number of rotatable bonds is 2. The molecule has 0 radical (unpaired) electrons. The molecule has 4 nitrogen and oxygen atoms in total. The highest BCUT2D eigenvalue weighted by molar-refractivity contribution is 5.93. The molecule has 1 aromatic heterocycles. The third-order valence-corrected chi connectivity index (χ3v) is 4.97. The molecule has 0 spiro atoms. The lowest BCUT2D eigenvalue weighted by Crippen LogP contribution is -2.76. The lowest BCUT2D eigenvalue weighted by molar-refractivity contribution is -0.0664. The highest BCUT2D eigenvalue weighted by atomic mass is 16.2. The molecular weight excluding hydrogens is 238 g/mol. The Kier molecular flexibility index (Phi) is 3.05. The smallest absolute Gasteiger partial charge is 0.268 e. The van der Waals surface area contributed by atoms with Gasteiger partial charge >= 0.3 is 0 Å². The fraction of sp³-hybridized carbons (Fsp3) is 0.667. The van der Waals surface area contributed by atoms with Crippen molar-refractivity contribution in [3.8, 4) is 0 Å². The van der Waals surface area contributed by atoms with E-state index in [1.165, 1.54) is 0 Å². The van der Waals surface area contributed by atoms with Crippen LogP contribution in [0.1, 0.15) is 43.9 Å². The number of nitrogens with two attached hydrogens (primary N) is 1. The zero-order valence-electron chi connectivity index (χ0n) is 12.7. The van der Waals surface area contributed by atoms with Gasteiger partial charge in [-0.3, -0.25) is 4.79 Å². The van der Waals surface area contributed by atoms with Crippen LogP contribution in [0, 0.1) is 17.8 Å². The Bertz CT molecular complexity index is 497. The molecule has 2 rings (SSSR count). The summed E-state index contributed by atoms with van der Waals surface area (Å²) < 4.78 is 1.91. The normalized spacial score (nSPS) is 27.7. The van der Waals surface area contributed by atoms with Crippen LogP contribution in [0.2, 0.25) is 0 Å². The molecular formula is C15H25N3O. The van der Waals surface area contributed by atoms with Crippen molar-refractivity contribution in [3.05, 3.63) is 23.5 Å². The first kappa shape index (κ1) is 14.1. The van der Waals surface area contributed by atoms with E-state index >= 15 is 0 Å². The van der Waals surface area contributed by atoms with Crippen molar-refractivity contribution < 1.29 is 4.79 Å². The quantitative estimate of drug-likeness (QED) is 0.855. The molecule has 19 heavy (non-hydrogen) atoms. The van der Waals surface area contributed by atoms with Crippen LogP contribution < -0.4 is 11.1 Å². The molecule has 1 amide bonds. The number of carbonyl (C=O) groups is 1. The van der Waals surface area contributed by atoms with E-state index < -0.39 is 0 Å². The van der Waals surface area contributed by atoms with Gasteiger partial charge in [0.1, 0.15) is 5.69 Å². The third-order valence-electron chi connectivity index (χ3n) is 4.97. The first-order chi connectivity index (χ1) is 8.60. The van der Waals surface area contributed by atoms with Crippen molar-refractivity contribution in [2.45, 2.75) is 46.7 Å². The van der Waals surface area contributed by atoms with Gasteiger partial charge in [0.25, 0.3) is 5.91 Å². The van der Waals surface area contributed by atoms with Gasteiger partial charge in [-0.1, -0.05) is 27.7 Å². The average Bonchev–Trinajstić information content (AvgIpc) is 2.65. The van der Waals surface area contributed by atoms with Gasteiger partial charge in [0.2, 0.25) is 0 Å². The number of nitrogens with zero attached hydrogens (tertiary/aromatic N) is 1. The average molecular weight is 263 g/mol. The van der Waals surface area contributed by atoms with E-state index in [0.717, 1.165) is 5.69 Å². The van der Waals surface area contributed by atoms with Crippen molar-refractivity contribution in [2.24, 2.45) is 23.6 Å². The SMILES string of the molecule is Cc1ccc(C(=O)NC2C(C)(C)C(N)C2(C)C)n1C. The molecule has 4 heteroatoms. The van der Waals surface area contributed by atoms with Gasteiger partial charge in [0.05, 0.1) is 0 Å². The summed E-state index contributed by atoms with van der Waals surface area (Å²) in [5, 5.41) is 3.16. The van der Waals surface area contributed by atoms with Gasteiger partial charge in [-0.05, 0) is 19.1 Å². The summed E-state index contributed by atoms with van der Waals surface area (Å²) in [5.41, 5.74) is 7.85. The van der Waals surface area contributed by atoms with E-state index in [-0.39, 0.29) is 28.8 Å². The molecule has 106 valence electrons. The molecule has 1 fully saturated rings. The van der Waals surface area contributed by atoms with Gasteiger partial charge in [-0.2, -0.15) is 0 Å². The van der Waals surface area contributed by atoms with Gasteiger partial charge in [-0.25, -0.2) is 0 Å². The summed E-state index contributed by atoms with van der Waals surface area (Å²) in [4.78, 5) is 12.4. The van der Waals surface area contributed by atoms with Crippen LogP contribution in [0.5, 0.6) is 0 Å². The lowest BCUT2D eigenvalue weighted by Gasteiger charge is -2.62. The molecule has 3 N–H and O–H groups in total. The van der Waals surface area contributed by atoms with Gasteiger partial charge in [0, 0.05) is 35.7 Å². The Labute approximate surface area is 115 Å². The predicted molar refractivity (Wildman–Crippen MR) is 76.9 cm³/mol. The highest BCUT2D eigenvalue weighted by Crippen LogP contribution is 2.52. The molecule has 1 aliphatic rings. The maximum Gasteiger partial charge on any atom is 0.268 e. The van der Waals surface area contributed by atoms with Crippen LogP contribution in [-0.4, -0.2) is 22.6 Å². The second-order valence-electron chi connectivity index (χ2n) is 6.95. The van der Waals surface area contributed by atoms with Crippen LogP contribution in [0.15, 0.2) is 12.1 Å². The first-order valence-corrected chi connectivity index (χ1v) is 6.79. The molecule has 1 saturated carbocycles. The number of hydrogen-bond acceptors (Lipinski definition) is 2. The van der Waals surface area contributed by atoms with E-state index in [1.54, 1.807) is 0 Å². The van der Waals surface area contributed by atoms with Crippen LogP contribution in [-0.2, 0) is 7.05 Å². The number of carbonyl (C=O) groups excluding carboxylic acids is 1. The third kappa shape index (κ3) is 1.89. The Hall–Kier alpha value is -1.29. The fourth-order valence-corrected chi connectivity index (χ4v) is 3.60. The van der Waals surface area contributed by atoms with Crippen molar-refractivity contribution in [2.75, 3.05) is 0 Å². The van der Waals surface area contributed by atoms with E-state index in [0.29, 0.717) is 5.69 Å². The number of hydrogen-bond donors (Lipinski definition) is 2. The topological polar surface area (TPSA) is 60.1 Å². The second-order valence-corrected chi connectivity index (χ2v) is 6.95. The molecule has 1 aromatic rings. The minimum atomic E-state index is -0.0701. The minimum Gasteiger partial charge on any atom is -0.347 e. The second kappa shape index (κ2) is 4.10. The molecule has 1 heterocycles. The fourth-order valence-electron chi connectivity index (χ4n) is 3.60. The van der Waals surface area contributed by atoms with Gasteiger partial charge < -0.3 is 15.6 Å². The summed E-state index contributed by atoms with van der Waals surface area (Å²) in [5.74, 6) is -0.0198. The molecule has 0 atom stereocenters. The number of nitrogens with one attached hydrogen (secondary N) is 1. The van der Waals surface area contributed by atoms with Gasteiger partial charge in [-0.15, -0.1) is 0 Å². The van der Waals surface area contributed by atoms with Crippen LogP contribution in [0.4, 0.5) is 0 Å². The number of aromatic nitrogens is 1. The summed E-state index contributed by atoms with van der Waals surface area (Å²) >= 11 is 0. The summed E-state index contributed by atoms with van der Waals surface area (Å²) in [7, 11) is 1.91. The van der Waals surface area contributed by atoms with Crippen molar-refractivity contribution >= 4 is 5.91 Å². The molecule has 1 aliphatic carbocycles. The van der Waals surface area contributed by atoms with E-state index in [2.05, 4.69) is 33.0 Å². The Morgan fingerprint density at radius 3 is 2.21 bits per heavy atom. The van der Waals surface area contributed by atoms with Crippen molar-refractivity contribution in [3.63, 3.8) is 0 Å². The Balaban J connectivity index is 2.18. The summed E-state index contributed by atoms with van der Waals surface area (Å²) in [6.45, 7) is 10.5. The predicted octanol–water partition coefficient (Wildman–Crippen LogP) is 1.83. The van der Waals surface area contributed by atoms with Gasteiger partial charge in [0.15, 0.2) is 0 Å². The molecule has 0 bridgehead atoms. The van der Waals surface area contributed by atoms with E-state index in [9.17, 15) is 4.79 Å². The Morgan fingerprint density at radius 1 is 1.26 bits per heavy atom. The zero-order valence-corrected chi connectivity index (χ0v) is 12.7. The molecule has 0 unspecified atom stereocenters. The van der Waals surface area contributed by atoms with Crippen LogP contribution in [0.3, 0.4) is 0 Å². The number of amides is 1. The largest absolute Gasteiger partial charge is 0.347 e. The maximum atomic E-state index is 12.4. The monoisotopic (exact) mass is 263 g/mol. The van der Waals surface area contributed by atoms with E-state index in [4.69, 9.17) is 5.73 Å². The summed E-state index contributed by atoms with van der Waals surface area (Å²) in [6, 6.07) is 4.01. The molecule has 0 aliphatic heterocycles. The van der Waals surface area contributed by atoms with Crippen LogP contribution >= 0.6 is 0 Å². The Morgan fingerprint density at radius 2 is 1.79 bits per heavy atom. The zero-order chi connectivity index (χ0) is 14.6. The molecule has 0 aromatic carbocycles. The van der Waals surface area contributed by atoms with Crippen molar-refractivity contribution in [1.82, 2.24) is 9.88 Å². The van der Waals surface area contributed by atoms with Crippen LogP contribution in [0.25, 0.3) is 0 Å². The van der Waals surface area contributed by atoms with E-state index in [1.807, 2.05) is 30.7 Å². The lowest BCUT2D eigenvalue weighted by atomic mass is 9.48. The number of aryl methyl sites for hydroxylation is 1. The summed E-state index contributed by atoms with van der Waals surface area (Å²) in [6.07, 6.45) is 0. The maximum absolute atomic E-state index is 12.4. The minimum absolute atomic E-state index is 0.0198. The first-order valence-electron chi connectivity index (χ1n) is 6.79. The molecule has 0 saturated heterocycles. The standard InChI is InChI=1S/C15H25N3O/c1-9-7-8-10(18(9)6)11(19)17-13-14(2,3)12(16)15(13,4)5/h7-8,12-13H,16H2,1-6H3,(H,17,19). The highest BCUT2D eigenvalue weighted by Gasteiger charge is 2.60.